The van der Waals surface area contributed by atoms with E-state index in [1.807, 2.05) is 0 Å². The van der Waals surface area contributed by atoms with Crippen molar-refractivity contribution in [2.24, 2.45) is 0 Å². The van der Waals surface area contributed by atoms with Crippen LogP contribution in [-0.4, -0.2) is 18.7 Å². The molecule has 1 N–H and O–H groups in total. The molecule has 0 saturated heterocycles. The molecule has 0 amide bonds. The average Bonchev–Trinajstić information content (AvgIpc) is 1.59. The number of rotatable bonds is 2. The molecule has 0 saturated carbocycles. The summed E-state index contributed by atoms with van der Waals surface area (Å²) in [6.45, 7) is 4.88. The lowest BCUT2D eigenvalue weighted by atomic mass is 10.4. The highest BCUT2D eigenvalue weighted by atomic mass is 32.2. The minimum absolute atomic E-state index is 0.199. The van der Waals surface area contributed by atoms with E-state index in [4.69, 9.17) is 4.55 Å². The summed E-state index contributed by atoms with van der Waals surface area (Å²) in [7, 11) is -3.95. The molecule has 0 heterocycles. The summed E-state index contributed by atoms with van der Waals surface area (Å²) in [5.74, 6) is 4.41. The van der Waals surface area contributed by atoms with Gasteiger partial charge in [0.15, 0.2) is 0 Å². The van der Waals surface area contributed by atoms with Gasteiger partial charge in [-0.1, -0.05) is 12.5 Å². The molecule has 0 spiro atoms. The van der Waals surface area contributed by atoms with Crippen molar-refractivity contribution in [2.45, 2.75) is 6.92 Å². The minimum atomic E-state index is -3.95. The predicted octanol–water partition coefficient (Wildman–Crippen LogP) is 0.454. The molecule has 0 atom stereocenters. The lowest BCUT2D eigenvalue weighted by Gasteiger charge is -1.91. The molecule has 0 aliphatic heterocycles. The van der Waals surface area contributed by atoms with E-state index in [9.17, 15) is 8.42 Å². The molecule has 0 aromatic heterocycles. The van der Waals surface area contributed by atoms with Crippen molar-refractivity contribution in [1.82, 2.24) is 0 Å². The van der Waals surface area contributed by atoms with E-state index >= 15 is 0 Å². The van der Waals surface area contributed by atoms with Gasteiger partial charge in [-0.3, -0.25) is 4.55 Å². The maximum absolute atomic E-state index is 10.1. The van der Waals surface area contributed by atoms with Gasteiger partial charge in [-0.2, -0.15) is 8.42 Å². The monoisotopic (exact) mass is 160 g/mol. The van der Waals surface area contributed by atoms with Gasteiger partial charge < -0.3 is 0 Å². The Balaban J connectivity index is 4.16. The highest BCUT2D eigenvalue weighted by Gasteiger charge is 2.04. The Hall–Kier alpha value is -0.790. The van der Waals surface area contributed by atoms with Crippen molar-refractivity contribution >= 4 is 10.1 Å². The van der Waals surface area contributed by atoms with Gasteiger partial charge in [0, 0.05) is 5.57 Å². The molecule has 0 bridgehead atoms. The molecular formula is C6H8O3S. The van der Waals surface area contributed by atoms with Crippen molar-refractivity contribution in [2.75, 3.05) is 5.75 Å². The van der Waals surface area contributed by atoms with Crippen LogP contribution in [0.4, 0.5) is 0 Å². The molecular weight excluding hydrogens is 152 g/mol. The fourth-order valence-corrected chi connectivity index (χ4v) is 0.946. The smallest absolute Gasteiger partial charge is 0.269 e. The topological polar surface area (TPSA) is 54.4 Å². The van der Waals surface area contributed by atoms with Gasteiger partial charge in [0.1, 0.15) is 5.75 Å². The lowest BCUT2D eigenvalue weighted by molar-refractivity contribution is 0.486. The van der Waals surface area contributed by atoms with Crippen LogP contribution >= 0.6 is 0 Å². The Morgan fingerprint density at radius 3 is 2.50 bits per heavy atom. The molecule has 0 aliphatic rings. The zero-order valence-electron chi connectivity index (χ0n) is 5.59. The van der Waals surface area contributed by atoms with Crippen LogP contribution in [0.25, 0.3) is 0 Å². The molecule has 3 nitrogen and oxygen atoms in total. The number of hydrogen-bond acceptors (Lipinski definition) is 2. The normalized spacial score (nSPS) is 9.80. The third kappa shape index (κ3) is 5.35. The first-order chi connectivity index (χ1) is 4.45. The maximum atomic E-state index is 10.1. The second-order valence-corrected chi connectivity index (χ2v) is 3.16. The van der Waals surface area contributed by atoms with Crippen molar-refractivity contribution < 1.29 is 13.0 Å². The molecule has 0 rings (SSSR count). The van der Waals surface area contributed by atoms with E-state index in [-0.39, 0.29) is 5.57 Å². The van der Waals surface area contributed by atoms with Crippen LogP contribution in [0.15, 0.2) is 12.2 Å². The zero-order valence-corrected chi connectivity index (χ0v) is 6.40. The molecule has 4 heteroatoms. The van der Waals surface area contributed by atoms with Gasteiger partial charge in [0.25, 0.3) is 10.1 Å². The number of hydrogen-bond donors (Lipinski definition) is 1. The zero-order chi connectivity index (χ0) is 8.20. The minimum Gasteiger partial charge on any atom is -0.285 e. The van der Waals surface area contributed by atoms with Crippen molar-refractivity contribution in [3.8, 4) is 11.8 Å². The van der Waals surface area contributed by atoms with Gasteiger partial charge in [0.05, 0.1) is 0 Å². The molecule has 0 fully saturated rings. The summed E-state index contributed by atoms with van der Waals surface area (Å²) in [5, 5.41) is 0. The third-order valence-corrected chi connectivity index (χ3v) is 1.37. The van der Waals surface area contributed by atoms with Gasteiger partial charge in [-0.05, 0) is 6.92 Å². The fourth-order valence-electron chi connectivity index (χ4n) is 0.433. The van der Waals surface area contributed by atoms with E-state index in [0.29, 0.717) is 0 Å². The van der Waals surface area contributed by atoms with Crippen LogP contribution in [0.2, 0.25) is 0 Å². The Bertz CT molecular complexity index is 276. The molecule has 0 radical (unpaired) electrons. The van der Waals surface area contributed by atoms with Crippen LogP contribution in [0.3, 0.4) is 0 Å². The quantitative estimate of drug-likeness (QED) is 0.471. The first-order valence-electron chi connectivity index (χ1n) is 2.51. The lowest BCUT2D eigenvalue weighted by Crippen LogP contribution is -2.04. The summed E-state index contributed by atoms with van der Waals surface area (Å²) >= 11 is 0. The van der Waals surface area contributed by atoms with Gasteiger partial charge >= 0.3 is 0 Å². The summed E-state index contributed by atoms with van der Waals surface area (Å²) in [6, 6.07) is 0. The molecule has 0 aromatic carbocycles. The largest absolute Gasteiger partial charge is 0.285 e. The van der Waals surface area contributed by atoms with E-state index in [1.165, 1.54) is 0 Å². The second-order valence-electron chi connectivity index (χ2n) is 1.70. The first-order valence-corrected chi connectivity index (χ1v) is 4.12. The molecule has 0 aromatic rings. The molecule has 10 heavy (non-hydrogen) atoms. The third-order valence-electron chi connectivity index (χ3n) is 0.658. The van der Waals surface area contributed by atoms with Crippen LogP contribution in [0.5, 0.6) is 0 Å². The SMILES string of the molecule is C=C(C#CC)CS(=O)(=O)O. The summed E-state index contributed by atoms with van der Waals surface area (Å²) in [4.78, 5) is 0. The van der Waals surface area contributed by atoms with Gasteiger partial charge in [0.2, 0.25) is 0 Å². The maximum Gasteiger partial charge on any atom is 0.269 e. The average molecular weight is 160 g/mol. The molecule has 56 valence electrons. The summed E-state index contributed by atoms with van der Waals surface area (Å²) in [6.07, 6.45) is 0. The first kappa shape index (κ1) is 9.21. The standard InChI is InChI=1S/C6H8O3S/c1-3-4-6(2)5-10(7,8)9/h2,5H2,1H3,(H,7,8,9). The van der Waals surface area contributed by atoms with Crippen LogP contribution in [0, 0.1) is 11.8 Å². The highest BCUT2D eigenvalue weighted by molar-refractivity contribution is 7.86. The van der Waals surface area contributed by atoms with Crippen molar-refractivity contribution in [1.29, 1.82) is 0 Å². The van der Waals surface area contributed by atoms with Crippen LogP contribution < -0.4 is 0 Å². The van der Waals surface area contributed by atoms with E-state index in [1.54, 1.807) is 6.92 Å². The van der Waals surface area contributed by atoms with Gasteiger partial charge in [-0.15, -0.1) is 5.92 Å². The van der Waals surface area contributed by atoms with Crippen LogP contribution in [-0.2, 0) is 10.1 Å². The second kappa shape index (κ2) is 3.40. The molecule has 0 unspecified atom stereocenters. The predicted molar refractivity (Wildman–Crippen MR) is 39.0 cm³/mol. The highest BCUT2D eigenvalue weighted by Crippen LogP contribution is 1.92. The van der Waals surface area contributed by atoms with E-state index < -0.39 is 15.9 Å². The van der Waals surface area contributed by atoms with E-state index in [2.05, 4.69) is 18.4 Å². The Morgan fingerprint density at radius 2 is 2.20 bits per heavy atom. The fraction of sp³-hybridized carbons (Fsp3) is 0.333. The summed E-state index contributed by atoms with van der Waals surface area (Å²) in [5.41, 5.74) is 0.199. The molecule has 0 aliphatic carbocycles. The van der Waals surface area contributed by atoms with Crippen molar-refractivity contribution in [3.05, 3.63) is 12.2 Å². The Morgan fingerprint density at radius 1 is 1.70 bits per heavy atom. The summed E-state index contributed by atoms with van der Waals surface area (Å²) < 4.78 is 28.5. The van der Waals surface area contributed by atoms with E-state index in [0.717, 1.165) is 0 Å². The Kier molecular flexibility index (Phi) is 3.13. The van der Waals surface area contributed by atoms with Gasteiger partial charge in [-0.25, -0.2) is 0 Å². The van der Waals surface area contributed by atoms with Crippen molar-refractivity contribution in [3.63, 3.8) is 0 Å². The van der Waals surface area contributed by atoms with Crippen LogP contribution in [0.1, 0.15) is 6.92 Å². The Labute approximate surface area is 60.5 Å².